The van der Waals surface area contributed by atoms with Gasteiger partial charge >= 0.3 is 0 Å². The molecule has 0 fully saturated rings. The first kappa shape index (κ1) is 22.3. The number of aliphatic imine (C=N–C) groups is 1. The van der Waals surface area contributed by atoms with Crippen molar-refractivity contribution in [3.63, 3.8) is 0 Å². The molecule has 0 aliphatic carbocycles. The Hall–Kier alpha value is -2.03. The van der Waals surface area contributed by atoms with Crippen LogP contribution in [0.3, 0.4) is 0 Å². The van der Waals surface area contributed by atoms with Crippen molar-refractivity contribution in [1.29, 1.82) is 0 Å². The van der Waals surface area contributed by atoms with Gasteiger partial charge < -0.3 is 10.6 Å². The fourth-order valence-electron chi connectivity index (χ4n) is 2.63. The molecule has 0 bridgehead atoms. The van der Waals surface area contributed by atoms with Gasteiger partial charge in [-0.3, -0.25) is 4.99 Å². The third-order valence-corrected chi connectivity index (χ3v) is 6.42. The lowest BCUT2D eigenvalue weighted by Crippen LogP contribution is -2.36. The van der Waals surface area contributed by atoms with Crippen LogP contribution in [-0.2, 0) is 28.9 Å². The number of sulfonamides is 1. The molecule has 0 saturated heterocycles. The molecule has 8 heteroatoms. The molecule has 0 unspecified atom stereocenters. The molecule has 0 atom stereocenters. The Bertz CT molecular complexity index is 910. The topological polar surface area (TPSA) is 82.6 Å². The number of aryl methyl sites for hydroxylation is 1. The maximum Gasteiger partial charge on any atom is 0.215 e. The lowest BCUT2D eigenvalue weighted by atomic mass is 10.1. The Balaban J connectivity index is 1.90. The number of nitrogens with one attached hydrogen (secondary N) is 3. The van der Waals surface area contributed by atoms with Gasteiger partial charge in [-0.15, -0.1) is 11.8 Å². The highest BCUT2D eigenvalue weighted by Crippen LogP contribution is 2.21. The summed E-state index contributed by atoms with van der Waals surface area (Å²) in [7, 11) is -0.0905. The van der Waals surface area contributed by atoms with Crippen LogP contribution in [0.1, 0.15) is 22.3 Å². The molecule has 0 amide bonds. The largest absolute Gasteiger partial charge is 0.352 e. The van der Waals surface area contributed by atoms with Crippen LogP contribution in [0.15, 0.2) is 52.4 Å². The Kier molecular flexibility index (Phi) is 8.35. The van der Waals surface area contributed by atoms with E-state index in [2.05, 4.69) is 51.7 Å². The monoisotopic (exact) mass is 420 g/mol. The van der Waals surface area contributed by atoms with E-state index in [1.54, 1.807) is 18.8 Å². The maximum absolute atomic E-state index is 11.6. The molecule has 0 aliphatic rings. The first-order chi connectivity index (χ1) is 13.4. The van der Waals surface area contributed by atoms with Gasteiger partial charge in [0.15, 0.2) is 5.96 Å². The van der Waals surface area contributed by atoms with E-state index in [4.69, 9.17) is 0 Å². The van der Waals surface area contributed by atoms with Gasteiger partial charge in [-0.05, 0) is 48.5 Å². The van der Waals surface area contributed by atoms with Crippen LogP contribution < -0.4 is 15.4 Å². The second kappa shape index (κ2) is 10.5. The zero-order chi connectivity index (χ0) is 20.6. The van der Waals surface area contributed by atoms with Gasteiger partial charge in [-0.25, -0.2) is 13.1 Å². The first-order valence-electron chi connectivity index (χ1n) is 8.94. The van der Waals surface area contributed by atoms with Crippen molar-refractivity contribution in [3.8, 4) is 0 Å². The molecule has 2 aromatic carbocycles. The van der Waals surface area contributed by atoms with Crippen LogP contribution in [0.5, 0.6) is 0 Å². The van der Waals surface area contributed by atoms with Crippen LogP contribution in [0.2, 0.25) is 0 Å². The fraction of sp³-hybridized carbons (Fsp3) is 0.350. The van der Waals surface area contributed by atoms with Gasteiger partial charge in [-0.1, -0.05) is 36.4 Å². The predicted octanol–water partition coefficient (Wildman–Crippen LogP) is 2.63. The summed E-state index contributed by atoms with van der Waals surface area (Å²) in [5.74, 6) is 0.698. The van der Waals surface area contributed by atoms with Gasteiger partial charge in [0.2, 0.25) is 10.0 Å². The summed E-state index contributed by atoms with van der Waals surface area (Å²) in [6, 6.07) is 14.0. The van der Waals surface area contributed by atoms with E-state index < -0.39 is 10.0 Å². The number of benzene rings is 2. The van der Waals surface area contributed by atoms with Gasteiger partial charge in [-0.2, -0.15) is 0 Å². The molecule has 0 heterocycles. The molecule has 0 radical (unpaired) electrons. The number of guanidine groups is 1. The SMILES string of the molecule is CN=C(NCc1ccc(CS(=O)(=O)NC)cc1)NCc1ccc(C)cc1SC. The van der Waals surface area contributed by atoms with E-state index in [1.807, 2.05) is 24.3 Å². The molecule has 0 saturated carbocycles. The Labute approximate surface area is 172 Å². The Morgan fingerprint density at radius 2 is 1.68 bits per heavy atom. The van der Waals surface area contributed by atoms with E-state index in [9.17, 15) is 8.42 Å². The van der Waals surface area contributed by atoms with Crippen molar-refractivity contribution in [2.45, 2.75) is 30.7 Å². The second-order valence-electron chi connectivity index (χ2n) is 6.37. The predicted molar refractivity (Wildman–Crippen MR) is 118 cm³/mol. The highest BCUT2D eigenvalue weighted by atomic mass is 32.2. The van der Waals surface area contributed by atoms with Crippen LogP contribution >= 0.6 is 11.8 Å². The van der Waals surface area contributed by atoms with E-state index in [1.165, 1.54) is 23.1 Å². The van der Waals surface area contributed by atoms with Gasteiger partial charge in [0, 0.05) is 25.0 Å². The minimum Gasteiger partial charge on any atom is -0.352 e. The maximum atomic E-state index is 11.6. The first-order valence-corrected chi connectivity index (χ1v) is 11.8. The van der Waals surface area contributed by atoms with Crippen LogP contribution in [0.4, 0.5) is 0 Å². The minimum absolute atomic E-state index is 0.0191. The van der Waals surface area contributed by atoms with E-state index in [0.717, 1.165) is 17.1 Å². The molecule has 3 N–H and O–H groups in total. The average molecular weight is 421 g/mol. The van der Waals surface area contributed by atoms with E-state index >= 15 is 0 Å². The number of hydrogen-bond donors (Lipinski definition) is 3. The molecule has 2 aromatic rings. The third kappa shape index (κ3) is 6.85. The van der Waals surface area contributed by atoms with Gasteiger partial charge in [0.05, 0.1) is 5.75 Å². The molecule has 28 heavy (non-hydrogen) atoms. The van der Waals surface area contributed by atoms with Crippen molar-refractivity contribution in [3.05, 3.63) is 64.7 Å². The molecule has 0 aromatic heterocycles. The van der Waals surface area contributed by atoms with E-state index in [-0.39, 0.29) is 5.75 Å². The molecule has 152 valence electrons. The zero-order valence-electron chi connectivity index (χ0n) is 16.7. The quantitative estimate of drug-likeness (QED) is 0.347. The van der Waals surface area contributed by atoms with Crippen molar-refractivity contribution in [2.75, 3.05) is 20.4 Å². The summed E-state index contributed by atoms with van der Waals surface area (Å²) in [6.45, 7) is 3.38. The number of hydrogen-bond acceptors (Lipinski definition) is 4. The number of rotatable bonds is 8. The van der Waals surface area contributed by atoms with Crippen molar-refractivity contribution >= 4 is 27.7 Å². The number of nitrogens with zero attached hydrogens (tertiary/aromatic N) is 1. The lowest BCUT2D eigenvalue weighted by molar-refractivity contribution is 0.587. The van der Waals surface area contributed by atoms with Crippen molar-refractivity contribution in [1.82, 2.24) is 15.4 Å². The molecule has 6 nitrogen and oxygen atoms in total. The smallest absolute Gasteiger partial charge is 0.215 e. The second-order valence-corrected chi connectivity index (χ2v) is 9.15. The summed E-state index contributed by atoms with van der Waals surface area (Å²) in [6.07, 6.45) is 2.08. The van der Waals surface area contributed by atoms with Crippen LogP contribution in [0, 0.1) is 6.92 Å². The van der Waals surface area contributed by atoms with Crippen molar-refractivity contribution in [2.24, 2.45) is 4.99 Å². The third-order valence-electron chi connectivity index (χ3n) is 4.26. The summed E-state index contributed by atoms with van der Waals surface area (Å²) < 4.78 is 25.5. The van der Waals surface area contributed by atoms with Gasteiger partial charge in [0.25, 0.3) is 0 Å². The molecule has 0 aliphatic heterocycles. The highest BCUT2D eigenvalue weighted by Gasteiger charge is 2.08. The summed E-state index contributed by atoms with van der Waals surface area (Å²) >= 11 is 1.74. The summed E-state index contributed by atoms with van der Waals surface area (Å²) in [5, 5.41) is 6.62. The summed E-state index contributed by atoms with van der Waals surface area (Å²) in [5.41, 5.74) is 4.29. The fourth-order valence-corrected chi connectivity index (χ4v) is 4.11. The molecule has 0 spiro atoms. The Morgan fingerprint density at radius 3 is 2.29 bits per heavy atom. The number of thioether (sulfide) groups is 1. The lowest BCUT2D eigenvalue weighted by Gasteiger charge is -2.14. The van der Waals surface area contributed by atoms with E-state index in [0.29, 0.717) is 13.1 Å². The molecular weight excluding hydrogens is 392 g/mol. The normalized spacial score (nSPS) is 12.1. The van der Waals surface area contributed by atoms with Crippen LogP contribution in [-0.4, -0.2) is 34.7 Å². The highest BCUT2D eigenvalue weighted by molar-refractivity contribution is 7.98. The zero-order valence-corrected chi connectivity index (χ0v) is 18.4. The Morgan fingerprint density at radius 1 is 1.04 bits per heavy atom. The van der Waals surface area contributed by atoms with Crippen molar-refractivity contribution < 1.29 is 8.42 Å². The standard InChI is InChI=1S/C20H28N4O2S2/c1-15-5-10-18(19(11-15)27-4)13-24-20(21-2)23-12-16-6-8-17(9-7-16)14-28(25,26)22-3/h5-11,22H,12-14H2,1-4H3,(H2,21,23,24). The van der Waals surface area contributed by atoms with Gasteiger partial charge in [0.1, 0.15) is 0 Å². The average Bonchev–Trinajstić information content (AvgIpc) is 2.69. The van der Waals surface area contributed by atoms with Crippen LogP contribution in [0.25, 0.3) is 0 Å². The minimum atomic E-state index is -3.25. The molecule has 2 rings (SSSR count). The molecular formula is C20H28N4O2S2. The summed E-state index contributed by atoms with van der Waals surface area (Å²) in [4.78, 5) is 5.53.